The molecule has 72 valence electrons. The topological polar surface area (TPSA) is 39.6 Å². The Morgan fingerprint density at radius 3 is 2.79 bits per heavy atom. The lowest BCUT2D eigenvalue weighted by Gasteiger charge is -2.03. The second-order valence-electron chi connectivity index (χ2n) is 3.80. The number of hydrogen-bond donors (Lipinski definition) is 1. The van der Waals surface area contributed by atoms with Crippen LogP contribution in [0.3, 0.4) is 0 Å². The van der Waals surface area contributed by atoms with Crippen molar-refractivity contribution in [3.8, 4) is 6.07 Å². The van der Waals surface area contributed by atoms with E-state index in [0.29, 0.717) is 11.6 Å². The molecule has 0 fully saturated rings. The molecule has 1 heterocycles. The first kappa shape index (κ1) is 8.83. The molecular formula is C12H14N2. The Morgan fingerprint density at radius 2 is 2.14 bits per heavy atom. The number of nitrogens with zero attached hydrogens (tertiary/aromatic N) is 1. The Bertz CT molecular complexity index is 506. The smallest absolute Gasteiger partial charge is 0.118 e. The highest BCUT2D eigenvalue weighted by Gasteiger charge is 2.03. The predicted octanol–water partition coefficient (Wildman–Crippen LogP) is 3.41. The molecule has 2 rings (SSSR count). The van der Waals surface area contributed by atoms with Crippen LogP contribution in [-0.4, -0.2) is 4.98 Å². The van der Waals surface area contributed by atoms with Gasteiger partial charge >= 0.3 is 0 Å². The van der Waals surface area contributed by atoms with E-state index in [1.165, 1.54) is 5.56 Å². The van der Waals surface area contributed by atoms with Crippen LogP contribution < -0.4 is 0 Å². The van der Waals surface area contributed by atoms with Gasteiger partial charge in [-0.3, -0.25) is 0 Å². The maximum atomic E-state index is 8.74. The van der Waals surface area contributed by atoms with Crippen molar-refractivity contribution in [1.82, 2.24) is 4.98 Å². The molecule has 0 spiro atoms. The van der Waals surface area contributed by atoms with Crippen LogP contribution in [0.2, 0.25) is 0 Å². The Balaban J connectivity index is 0.00000112. The van der Waals surface area contributed by atoms with Crippen LogP contribution in [0, 0.1) is 11.3 Å². The van der Waals surface area contributed by atoms with E-state index in [1.807, 2.05) is 6.07 Å². The Hall–Kier alpha value is -1.75. The van der Waals surface area contributed by atoms with Gasteiger partial charge in [-0.05, 0) is 23.6 Å². The Morgan fingerprint density at radius 1 is 1.36 bits per heavy atom. The minimum atomic E-state index is 0. The number of rotatable bonds is 1. The van der Waals surface area contributed by atoms with E-state index < -0.39 is 0 Å². The van der Waals surface area contributed by atoms with Crippen molar-refractivity contribution in [3.05, 3.63) is 35.5 Å². The van der Waals surface area contributed by atoms with Crippen molar-refractivity contribution in [2.45, 2.75) is 19.8 Å². The number of nitrogens with one attached hydrogen (secondary N) is 1. The molecule has 2 heteroatoms. The molecule has 1 aromatic carbocycles. The minimum absolute atomic E-state index is 0. The van der Waals surface area contributed by atoms with Crippen LogP contribution >= 0.6 is 0 Å². The van der Waals surface area contributed by atoms with Gasteiger partial charge in [0.2, 0.25) is 0 Å². The van der Waals surface area contributed by atoms with Crippen LogP contribution in [-0.2, 0) is 0 Å². The summed E-state index contributed by atoms with van der Waals surface area (Å²) in [7, 11) is 0. The number of nitriles is 1. The molecule has 2 aromatic rings. The van der Waals surface area contributed by atoms with Gasteiger partial charge in [-0.1, -0.05) is 26.0 Å². The van der Waals surface area contributed by atoms with Gasteiger partial charge in [0.1, 0.15) is 11.8 Å². The summed E-state index contributed by atoms with van der Waals surface area (Å²) in [6.07, 6.45) is 0. The summed E-state index contributed by atoms with van der Waals surface area (Å²) in [4.78, 5) is 3.08. The average Bonchev–Trinajstić information content (AvgIpc) is 2.58. The zero-order chi connectivity index (χ0) is 10.1. The summed E-state index contributed by atoms with van der Waals surface area (Å²) in [5.74, 6) is 0.522. The predicted molar refractivity (Wildman–Crippen MR) is 59.2 cm³/mol. The second kappa shape index (κ2) is 3.19. The highest BCUT2D eigenvalue weighted by Crippen LogP contribution is 2.21. The van der Waals surface area contributed by atoms with E-state index in [0.717, 1.165) is 10.9 Å². The molecule has 1 N–H and O–H groups in total. The molecule has 0 atom stereocenters. The van der Waals surface area contributed by atoms with Gasteiger partial charge in [0.15, 0.2) is 0 Å². The third-order valence-corrected chi connectivity index (χ3v) is 2.43. The van der Waals surface area contributed by atoms with Gasteiger partial charge < -0.3 is 4.98 Å². The highest BCUT2D eigenvalue weighted by molar-refractivity contribution is 5.82. The van der Waals surface area contributed by atoms with Crippen molar-refractivity contribution >= 4 is 10.9 Å². The van der Waals surface area contributed by atoms with Crippen LogP contribution in [0.5, 0.6) is 0 Å². The van der Waals surface area contributed by atoms with Crippen LogP contribution in [0.1, 0.15) is 32.4 Å². The fourth-order valence-electron chi connectivity index (χ4n) is 1.56. The Labute approximate surface area is 84.7 Å². The van der Waals surface area contributed by atoms with E-state index in [2.05, 4.69) is 43.1 Å². The standard InChI is InChI=1S/C12H12N2.H2/c1-8(2)9-3-4-10-5-11(7-13)14-12(10)6-9;/h3-6,8,14H,1-2H3;1H. The lowest BCUT2D eigenvalue weighted by Crippen LogP contribution is -1.85. The SMILES string of the molecule is CC(C)c1ccc2cc(C#N)[nH]c2c1.[HH]. The third kappa shape index (κ3) is 1.38. The van der Waals surface area contributed by atoms with Gasteiger partial charge in [0, 0.05) is 12.3 Å². The third-order valence-electron chi connectivity index (χ3n) is 2.43. The molecular weight excluding hydrogens is 172 g/mol. The zero-order valence-corrected chi connectivity index (χ0v) is 8.33. The average molecular weight is 186 g/mol. The number of H-pyrrole nitrogens is 1. The molecule has 14 heavy (non-hydrogen) atoms. The number of benzene rings is 1. The van der Waals surface area contributed by atoms with Gasteiger partial charge in [-0.15, -0.1) is 0 Å². The molecule has 0 bridgehead atoms. The first-order chi connectivity index (χ1) is 6.70. The van der Waals surface area contributed by atoms with Gasteiger partial charge in [0.25, 0.3) is 0 Å². The summed E-state index contributed by atoms with van der Waals surface area (Å²) in [5, 5.41) is 9.84. The summed E-state index contributed by atoms with van der Waals surface area (Å²) in [6, 6.07) is 10.3. The lowest BCUT2D eigenvalue weighted by atomic mass is 10.0. The van der Waals surface area contributed by atoms with E-state index in [4.69, 9.17) is 5.26 Å². The molecule has 0 radical (unpaired) electrons. The minimum Gasteiger partial charge on any atom is -0.346 e. The van der Waals surface area contributed by atoms with Crippen molar-refractivity contribution in [2.75, 3.05) is 0 Å². The van der Waals surface area contributed by atoms with Crippen LogP contribution in [0.25, 0.3) is 10.9 Å². The molecule has 0 saturated heterocycles. The van der Waals surface area contributed by atoms with Crippen molar-refractivity contribution < 1.29 is 1.43 Å². The fourth-order valence-corrected chi connectivity index (χ4v) is 1.56. The van der Waals surface area contributed by atoms with E-state index in [1.54, 1.807) is 0 Å². The molecule has 0 amide bonds. The normalized spacial score (nSPS) is 10.7. The van der Waals surface area contributed by atoms with Crippen molar-refractivity contribution in [2.24, 2.45) is 0 Å². The molecule has 0 aliphatic rings. The maximum Gasteiger partial charge on any atom is 0.118 e. The second-order valence-corrected chi connectivity index (χ2v) is 3.80. The van der Waals surface area contributed by atoms with E-state index in [-0.39, 0.29) is 1.43 Å². The first-order valence-electron chi connectivity index (χ1n) is 4.73. The number of hydrogen-bond acceptors (Lipinski definition) is 1. The van der Waals surface area contributed by atoms with Crippen LogP contribution in [0.4, 0.5) is 0 Å². The molecule has 1 aromatic heterocycles. The summed E-state index contributed by atoms with van der Waals surface area (Å²) in [5.41, 5.74) is 2.97. The monoisotopic (exact) mass is 186 g/mol. The van der Waals surface area contributed by atoms with Crippen molar-refractivity contribution in [1.29, 1.82) is 5.26 Å². The van der Waals surface area contributed by atoms with Gasteiger partial charge in [-0.25, -0.2) is 0 Å². The lowest BCUT2D eigenvalue weighted by molar-refractivity contribution is 0.868. The molecule has 0 unspecified atom stereocenters. The molecule has 0 aliphatic heterocycles. The first-order valence-corrected chi connectivity index (χ1v) is 4.73. The van der Waals surface area contributed by atoms with E-state index >= 15 is 0 Å². The molecule has 0 aliphatic carbocycles. The quantitative estimate of drug-likeness (QED) is 0.728. The van der Waals surface area contributed by atoms with E-state index in [9.17, 15) is 0 Å². The van der Waals surface area contributed by atoms with Crippen LogP contribution in [0.15, 0.2) is 24.3 Å². The summed E-state index contributed by atoms with van der Waals surface area (Å²) < 4.78 is 0. The van der Waals surface area contributed by atoms with Gasteiger partial charge in [-0.2, -0.15) is 5.26 Å². The van der Waals surface area contributed by atoms with Gasteiger partial charge in [0.05, 0.1) is 0 Å². The summed E-state index contributed by atoms with van der Waals surface area (Å²) >= 11 is 0. The zero-order valence-electron chi connectivity index (χ0n) is 8.33. The maximum absolute atomic E-state index is 8.74. The number of aromatic nitrogens is 1. The molecule has 2 nitrogen and oxygen atoms in total. The fraction of sp³-hybridized carbons (Fsp3) is 0.250. The number of aromatic amines is 1. The highest BCUT2D eigenvalue weighted by atomic mass is 14.7. The summed E-state index contributed by atoms with van der Waals surface area (Å²) in [6.45, 7) is 4.32. The number of fused-ring (bicyclic) bond motifs is 1. The Kier molecular flexibility index (Phi) is 2.01. The largest absolute Gasteiger partial charge is 0.346 e. The van der Waals surface area contributed by atoms with Crippen molar-refractivity contribution in [3.63, 3.8) is 0 Å². The molecule has 0 saturated carbocycles.